The summed E-state index contributed by atoms with van der Waals surface area (Å²) in [6.07, 6.45) is 7.20. The Morgan fingerprint density at radius 3 is 2.54 bits per heavy atom. The van der Waals surface area contributed by atoms with E-state index in [4.69, 9.17) is 0 Å². The van der Waals surface area contributed by atoms with Gasteiger partial charge in [-0.25, -0.2) is 15.0 Å². The lowest BCUT2D eigenvalue weighted by Gasteiger charge is -2.16. The third kappa shape index (κ3) is 3.42. The number of aryl methyl sites for hydroxylation is 1. The van der Waals surface area contributed by atoms with Gasteiger partial charge in [0.1, 0.15) is 30.0 Å². The molecular formula is C19H20N6O. The van der Waals surface area contributed by atoms with Gasteiger partial charge in [0.05, 0.1) is 0 Å². The monoisotopic (exact) mass is 348 g/mol. The first-order valence-electron chi connectivity index (χ1n) is 8.68. The number of rotatable bonds is 4. The van der Waals surface area contributed by atoms with Crippen molar-refractivity contribution in [3.8, 4) is 5.82 Å². The van der Waals surface area contributed by atoms with E-state index >= 15 is 0 Å². The first kappa shape index (κ1) is 16.3. The van der Waals surface area contributed by atoms with Crippen molar-refractivity contribution in [1.29, 1.82) is 0 Å². The van der Waals surface area contributed by atoms with Crippen LogP contribution in [0.2, 0.25) is 0 Å². The van der Waals surface area contributed by atoms with Gasteiger partial charge >= 0.3 is 0 Å². The van der Waals surface area contributed by atoms with Crippen molar-refractivity contribution in [3.05, 3.63) is 60.4 Å². The summed E-state index contributed by atoms with van der Waals surface area (Å²) in [5.41, 5.74) is 2.23. The van der Waals surface area contributed by atoms with Crippen molar-refractivity contribution < 1.29 is 4.79 Å². The van der Waals surface area contributed by atoms with Gasteiger partial charge in [-0.2, -0.15) is 0 Å². The Morgan fingerprint density at radius 1 is 1.04 bits per heavy atom. The Labute approximate surface area is 151 Å². The van der Waals surface area contributed by atoms with Crippen LogP contribution in [0.3, 0.4) is 0 Å². The summed E-state index contributed by atoms with van der Waals surface area (Å²) in [5, 5.41) is 2.85. The molecule has 0 aliphatic carbocycles. The highest BCUT2D eigenvalue weighted by Gasteiger charge is 2.15. The van der Waals surface area contributed by atoms with Crippen molar-refractivity contribution in [2.24, 2.45) is 0 Å². The minimum Gasteiger partial charge on any atom is -0.356 e. The van der Waals surface area contributed by atoms with Crippen LogP contribution in [0.15, 0.2) is 49.2 Å². The Bertz CT molecular complexity index is 912. The molecule has 1 aliphatic heterocycles. The van der Waals surface area contributed by atoms with Crippen LogP contribution in [-0.4, -0.2) is 38.5 Å². The zero-order valence-electron chi connectivity index (χ0n) is 14.6. The molecule has 3 aromatic rings. The summed E-state index contributed by atoms with van der Waals surface area (Å²) in [4.78, 5) is 27.5. The van der Waals surface area contributed by atoms with Crippen LogP contribution in [0.25, 0.3) is 5.82 Å². The fourth-order valence-electron chi connectivity index (χ4n) is 2.99. The number of hydrogen-bond donors (Lipinski definition) is 1. The van der Waals surface area contributed by atoms with Crippen LogP contribution in [0, 0.1) is 6.92 Å². The molecule has 2 aromatic heterocycles. The zero-order valence-corrected chi connectivity index (χ0v) is 14.6. The van der Waals surface area contributed by atoms with Gasteiger partial charge in [0.2, 0.25) is 0 Å². The lowest BCUT2D eigenvalue weighted by atomic mass is 10.2. The molecular weight excluding hydrogens is 328 g/mol. The summed E-state index contributed by atoms with van der Waals surface area (Å²) in [7, 11) is 0. The number of nitrogens with one attached hydrogen (secondary N) is 1. The maximum atomic E-state index is 12.4. The standard InChI is InChI=1S/C19H20N6O/c1-14-4-6-15(7-5-14)23-19(26)16-11-25(13-22-16)18-10-17(20-12-21-18)24-8-2-3-9-24/h4-7,10-13H,2-3,8-9H2,1H3,(H,23,26). The zero-order chi connectivity index (χ0) is 17.9. The molecule has 0 spiro atoms. The summed E-state index contributed by atoms with van der Waals surface area (Å²) < 4.78 is 1.74. The van der Waals surface area contributed by atoms with Gasteiger partial charge in [0.25, 0.3) is 5.91 Å². The van der Waals surface area contributed by atoms with E-state index in [2.05, 4.69) is 25.2 Å². The summed E-state index contributed by atoms with van der Waals surface area (Å²) in [6, 6.07) is 9.58. The predicted molar refractivity (Wildman–Crippen MR) is 99.7 cm³/mol. The molecule has 7 nitrogen and oxygen atoms in total. The van der Waals surface area contributed by atoms with E-state index in [1.54, 1.807) is 23.4 Å². The van der Waals surface area contributed by atoms with E-state index in [9.17, 15) is 4.79 Å². The van der Waals surface area contributed by atoms with E-state index in [1.807, 2.05) is 37.3 Å². The Kier molecular flexibility index (Phi) is 4.35. The molecule has 1 fully saturated rings. The predicted octanol–water partition coefficient (Wildman–Crippen LogP) is 2.82. The van der Waals surface area contributed by atoms with Gasteiger partial charge in [0.15, 0.2) is 0 Å². The molecule has 7 heteroatoms. The Balaban J connectivity index is 1.51. The van der Waals surface area contributed by atoms with Crippen LogP contribution in [0.4, 0.5) is 11.5 Å². The number of carbonyl (C=O) groups excluding carboxylic acids is 1. The van der Waals surface area contributed by atoms with Gasteiger partial charge < -0.3 is 10.2 Å². The van der Waals surface area contributed by atoms with Gasteiger partial charge in [-0.3, -0.25) is 9.36 Å². The van der Waals surface area contributed by atoms with Crippen molar-refractivity contribution >= 4 is 17.4 Å². The third-order valence-electron chi connectivity index (χ3n) is 4.46. The molecule has 0 atom stereocenters. The maximum absolute atomic E-state index is 12.4. The van der Waals surface area contributed by atoms with E-state index in [0.29, 0.717) is 11.5 Å². The highest BCUT2D eigenvalue weighted by molar-refractivity contribution is 6.02. The largest absolute Gasteiger partial charge is 0.356 e. The molecule has 4 rings (SSSR count). The normalized spacial score (nSPS) is 13.8. The smallest absolute Gasteiger partial charge is 0.275 e. The number of nitrogens with zero attached hydrogens (tertiary/aromatic N) is 5. The van der Waals surface area contributed by atoms with Gasteiger partial charge in [-0.15, -0.1) is 0 Å². The van der Waals surface area contributed by atoms with Crippen LogP contribution >= 0.6 is 0 Å². The first-order chi connectivity index (χ1) is 12.7. The first-order valence-corrected chi connectivity index (χ1v) is 8.68. The van der Waals surface area contributed by atoms with E-state index < -0.39 is 0 Å². The van der Waals surface area contributed by atoms with Crippen LogP contribution in [0.1, 0.15) is 28.9 Å². The number of imidazole rings is 1. The third-order valence-corrected chi connectivity index (χ3v) is 4.46. The minimum absolute atomic E-state index is 0.249. The number of hydrogen-bond acceptors (Lipinski definition) is 5. The summed E-state index contributed by atoms with van der Waals surface area (Å²) in [5.74, 6) is 1.36. The molecule has 26 heavy (non-hydrogen) atoms. The molecule has 3 heterocycles. The van der Waals surface area contributed by atoms with Crippen molar-refractivity contribution in [1.82, 2.24) is 19.5 Å². The SMILES string of the molecule is Cc1ccc(NC(=O)c2cn(-c3cc(N4CCCC4)ncn3)cn2)cc1. The van der Waals surface area contributed by atoms with Gasteiger partial charge in [-0.1, -0.05) is 17.7 Å². The second kappa shape index (κ2) is 6.95. The average molecular weight is 348 g/mol. The highest BCUT2D eigenvalue weighted by Crippen LogP contribution is 2.19. The summed E-state index contributed by atoms with van der Waals surface area (Å²) >= 11 is 0. The molecule has 0 saturated carbocycles. The molecule has 1 aliphatic rings. The number of aromatic nitrogens is 4. The fourth-order valence-corrected chi connectivity index (χ4v) is 2.99. The maximum Gasteiger partial charge on any atom is 0.275 e. The number of anilines is 2. The molecule has 1 saturated heterocycles. The van der Waals surface area contributed by atoms with Crippen molar-refractivity contribution in [2.75, 3.05) is 23.3 Å². The van der Waals surface area contributed by atoms with Gasteiger partial charge in [-0.05, 0) is 31.9 Å². The average Bonchev–Trinajstić information content (AvgIpc) is 3.36. The molecule has 1 amide bonds. The fraction of sp³-hybridized carbons (Fsp3) is 0.263. The van der Waals surface area contributed by atoms with E-state index in [1.165, 1.54) is 12.8 Å². The molecule has 0 bridgehead atoms. The Morgan fingerprint density at radius 2 is 1.77 bits per heavy atom. The van der Waals surface area contributed by atoms with Crippen molar-refractivity contribution in [3.63, 3.8) is 0 Å². The molecule has 0 unspecified atom stereocenters. The van der Waals surface area contributed by atoms with Crippen LogP contribution < -0.4 is 10.2 Å². The Hall–Kier alpha value is -3.22. The van der Waals surface area contributed by atoms with Gasteiger partial charge in [0, 0.05) is 31.0 Å². The lowest BCUT2D eigenvalue weighted by Crippen LogP contribution is -2.19. The summed E-state index contributed by atoms with van der Waals surface area (Å²) in [6.45, 7) is 4.04. The lowest BCUT2D eigenvalue weighted by molar-refractivity contribution is 0.102. The quantitative estimate of drug-likeness (QED) is 0.785. The molecule has 0 radical (unpaired) electrons. The number of amides is 1. The number of benzene rings is 1. The number of carbonyl (C=O) groups is 1. The topological polar surface area (TPSA) is 75.9 Å². The highest BCUT2D eigenvalue weighted by atomic mass is 16.1. The van der Waals surface area contributed by atoms with Crippen molar-refractivity contribution in [2.45, 2.75) is 19.8 Å². The molecule has 132 valence electrons. The van der Waals surface area contributed by atoms with E-state index in [-0.39, 0.29) is 5.91 Å². The van der Waals surface area contributed by atoms with Crippen LogP contribution in [-0.2, 0) is 0 Å². The molecule has 1 N–H and O–H groups in total. The second-order valence-corrected chi connectivity index (χ2v) is 6.41. The second-order valence-electron chi connectivity index (χ2n) is 6.41. The minimum atomic E-state index is -0.249. The van der Waals surface area contributed by atoms with Crippen LogP contribution in [0.5, 0.6) is 0 Å². The molecule has 1 aromatic carbocycles. The van der Waals surface area contributed by atoms with E-state index in [0.717, 1.165) is 30.2 Å².